The Hall–Kier alpha value is -3.12. The number of fused-ring (bicyclic) bond motifs is 1. The lowest BCUT2D eigenvalue weighted by molar-refractivity contribution is -0.00860. The number of hydrogen-bond acceptors (Lipinski definition) is 10. The van der Waals surface area contributed by atoms with Gasteiger partial charge in [-0.05, 0) is 48.8 Å². The number of piperidine rings is 1. The van der Waals surface area contributed by atoms with E-state index in [4.69, 9.17) is 4.98 Å². The Kier molecular flexibility index (Phi) is 6.89. The molecule has 2 aliphatic heterocycles. The zero-order valence-electron chi connectivity index (χ0n) is 22.1. The molecule has 5 heterocycles. The molecule has 0 radical (unpaired) electrons. The maximum absolute atomic E-state index is 14.7. The van der Waals surface area contributed by atoms with E-state index in [2.05, 4.69) is 34.1 Å². The zero-order chi connectivity index (χ0) is 27.2. The van der Waals surface area contributed by atoms with Crippen LogP contribution in [0.4, 0.5) is 27.8 Å². The van der Waals surface area contributed by atoms with Crippen molar-refractivity contribution in [2.75, 3.05) is 47.6 Å². The van der Waals surface area contributed by atoms with Crippen molar-refractivity contribution >= 4 is 44.0 Å². The van der Waals surface area contributed by atoms with Crippen LogP contribution in [0.25, 0.3) is 10.8 Å². The van der Waals surface area contributed by atoms with Crippen molar-refractivity contribution in [3.8, 4) is 0 Å². The first-order valence-corrected chi connectivity index (χ1v) is 14.8. The number of hydrogen-bond donors (Lipinski definition) is 2. The third-order valence-corrected chi connectivity index (χ3v) is 9.10. The maximum Gasteiger partial charge on any atom is 0.227 e. The lowest BCUT2D eigenvalue weighted by atomic mass is 9.94. The Morgan fingerprint density at radius 2 is 1.87 bits per heavy atom. The maximum atomic E-state index is 14.7. The van der Waals surface area contributed by atoms with Gasteiger partial charge < -0.3 is 20.2 Å². The van der Waals surface area contributed by atoms with Crippen LogP contribution < -0.4 is 15.1 Å². The number of sulfone groups is 1. The van der Waals surface area contributed by atoms with Crippen LogP contribution >= 0.6 is 0 Å². The minimum Gasteiger partial charge on any atom is -0.390 e. The highest BCUT2D eigenvalue weighted by Crippen LogP contribution is 2.34. The molecule has 0 unspecified atom stereocenters. The van der Waals surface area contributed by atoms with Gasteiger partial charge in [-0.1, -0.05) is 13.8 Å². The largest absolute Gasteiger partial charge is 0.390 e. The summed E-state index contributed by atoms with van der Waals surface area (Å²) in [5, 5.41) is 14.6. The summed E-state index contributed by atoms with van der Waals surface area (Å²) >= 11 is 0. The second kappa shape index (κ2) is 9.88. The van der Waals surface area contributed by atoms with Gasteiger partial charge in [-0.2, -0.15) is 4.98 Å². The number of aromatic nitrogens is 4. The topological polar surface area (TPSA) is 124 Å². The number of nitrogens with one attached hydrogen (secondary N) is 1. The fourth-order valence-electron chi connectivity index (χ4n) is 5.20. The standard InChI is InChI=1S/C26H34FN7O3S/c1-16(2)19-12-30-24(33-9-6-17(14-33)38(4,36)37)20-13-29-23(11-18(19)20)31-22-5-8-28-25(32-22)34-10-7-21(35)26(3,27)15-34/h5,8,11-13,16-17,21,35H,6-7,9-10,14-15H2,1-4H3,(H,28,29,31,32)/t17-,21+,26-/m0/s1. The Labute approximate surface area is 222 Å². The van der Waals surface area contributed by atoms with Crippen molar-refractivity contribution < 1.29 is 17.9 Å². The molecule has 0 amide bonds. The molecule has 0 bridgehead atoms. The van der Waals surface area contributed by atoms with Crippen LogP contribution in [-0.4, -0.2) is 82.9 Å². The summed E-state index contributed by atoms with van der Waals surface area (Å²) in [5.74, 6) is 2.44. The summed E-state index contributed by atoms with van der Waals surface area (Å²) in [6, 6.07) is 3.68. The second-order valence-electron chi connectivity index (χ2n) is 10.9. The first kappa shape index (κ1) is 26.5. The normalized spacial score (nSPS) is 24.4. The number of rotatable bonds is 6. The SMILES string of the molecule is CC(C)c1cnc(N2CC[C@H](S(C)(=O)=O)C2)c2cnc(Nc3ccnc(N4CC[C@@H](O)[C@@](C)(F)C4)n3)cc12. The van der Waals surface area contributed by atoms with E-state index in [-0.39, 0.29) is 12.5 Å². The highest BCUT2D eigenvalue weighted by Gasteiger charge is 2.39. The Balaban J connectivity index is 1.44. The molecule has 38 heavy (non-hydrogen) atoms. The zero-order valence-corrected chi connectivity index (χ0v) is 22.9. The van der Waals surface area contributed by atoms with Gasteiger partial charge in [0.15, 0.2) is 15.5 Å². The molecule has 12 heteroatoms. The first-order valence-electron chi connectivity index (χ1n) is 12.9. The number of halogens is 1. The summed E-state index contributed by atoms with van der Waals surface area (Å²) in [4.78, 5) is 22.0. The molecule has 2 N–H and O–H groups in total. The molecule has 5 rings (SSSR count). The van der Waals surface area contributed by atoms with Crippen LogP contribution in [0.5, 0.6) is 0 Å². The van der Waals surface area contributed by atoms with Crippen molar-refractivity contribution in [1.29, 1.82) is 0 Å². The van der Waals surface area contributed by atoms with E-state index < -0.39 is 26.9 Å². The van der Waals surface area contributed by atoms with Crippen molar-refractivity contribution in [1.82, 2.24) is 19.9 Å². The molecule has 2 aliphatic rings. The van der Waals surface area contributed by atoms with Crippen molar-refractivity contribution in [3.05, 3.63) is 36.3 Å². The molecule has 0 aromatic carbocycles. The van der Waals surface area contributed by atoms with E-state index in [0.29, 0.717) is 50.1 Å². The van der Waals surface area contributed by atoms with Gasteiger partial charge in [0, 0.05) is 49.9 Å². The second-order valence-corrected chi connectivity index (χ2v) is 13.2. The third-order valence-electron chi connectivity index (χ3n) is 7.50. The highest BCUT2D eigenvalue weighted by molar-refractivity contribution is 7.91. The van der Waals surface area contributed by atoms with Crippen LogP contribution in [0.1, 0.15) is 45.1 Å². The van der Waals surface area contributed by atoms with Crippen LogP contribution in [0.15, 0.2) is 30.7 Å². The molecule has 0 saturated carbocycles. The van der Waals surface area contributed by atoms with Gasteiger partial charge in [0.25, 0.3) is 0 Å². The number of aliphatic hydroxyl groups excluding tert-OH is 1. The Morgan fingerprint density at radius 1 is 1.11 bits per heavy atom. The monoisotopic (exact) mass is 543 g/mol. The molecule has 2 fully saturated rings. The summed E-state index contributed by atoms with van der Waals surface area (Å²) in [6.45, 7) is 7.10. The third kappa shape index (κ3) is 5.24. The van der Waals surface area contributed by atoms with E-state index >= 15 is 0 Å². The molecular formula is C26H34FN7O3S. The van der Waals surface area contributed by atoms with Crippen LogP contribution in [0.3, 0.4) is 0 Å². The van der Waals surface area contributed by atoms with Crippen molar-refractivity contribution in [3.63, 3.8) is 0 Å². The molecule has 3 atom stereocenters. The molecular weight excluding hydrogens is 509 g/mol. The minimum atomic E-state index is -3.12. The highest BCUT2D eigenvalue weighted by atomic mass is 32.2. The smallest absolute Gasteiger partial charge is 0.227 e. The van der Waals surface area contributed by atoms with Gasteiger partial charge in [-0.15, -0.1) is 0 Å². The summed E-state index contributed by atoms with van der Waals surface area (Å²) in [6.07, 6.45) is 6.40. The fraction of sp³-hybridized carbons (Fsp3) is 0.538. The van der Waals surface area contributed by atoms with Gasteiger partial charge in [0.1, 0.15) is 17.5 Å². The van der Waals surface area contributed by atoms with Gasteiger partial charge in [0.05, 0.1) is 17.9 Å². The summed E-state index contributed by atoms with van der Waals surface area (Å²) < 4.78 is 38.9. The molecule has 3 aromatic rings. The average molecular weight is 544 g/mol. The number of aliphatic hydroxyl groups is 1. The number of pyridine rings is 2. The molecule has 2 saturated heterocycles. The number of alkyl halides is 1. The predicted octanol–water partition coefficient (Wildman–Crippen LogP) is 3.21. The number of anilines is 4. The Bertz CT molecular complexity index is 1450. The van der Waals surface area contributed by atoms with Gasteiger partial charge in [0.2, 0.25) is 5.95 Å². The van der Waals surface area contributed by atoms with Gasteiger partial charge in [-0.3, -0.25) is 0 Å². The molecule has 0 spiro atoms. The quantitative estimate of drug-likeness (QED) is 0.479. The van der Waals surface area contributed by atoms with Crippen LogP contribution in [-0.2, 0) is 9.84 Å². The van der Waals surface area contributed by atoms with E-state index in [0.717, 1.165) is 22.2 Å². The molecule has 0 aliphatic carbocycles. The lowest BCUT2D eigenvalue weighted by Crippen LogP contribution is -2.52. The molecule has 3 aromatic heterocycles. The van der Waals surface area contributed by atoms with E-state index in [1.807, 2.05) is 17.2 Å². The average Bonchev–Trinajstić information content (AvgIpc) is 3.36. The van der Waals surface area contributed by atoms with Crippen molar-refractivity contribution in [2.45, 2.75) is 56.6 Å². The lowest BCUT2D eigenvalue weighted by Gasteiger charge is -2.38. The van der Waals surface area contributed by atoms with Gasteiger partial charge >= 0.3 is 0 Å². The number of nitrogens with zero attached hydrogens (tertiary/aromatic N) is 6. The van der Waals surface area contributed by atoms with Crippen molar-refractivity contribution in [2.24, 2.45) is 0 Å². The summed E-state index contributed by atoms with van der Waals surface area (Å²) in [7, 11) is -3.12. The van der Waals surface area contributed by atoms with E-state index in [9.17, 15) is 17.9 Å². The molecule has 10 nitrogen and oxygen atoms in total. The van der Waals surface area contributed by atoms with E-state index in [1.54, 1.807) is 23.4 Å². The first-order chi connectivity index (χ1) is 17.9. The predicted molar refractivity (Wildman–Crippen MR) is 147 cm³/mol. The minimum absolute atomic E-state index is 0.00998. The van der Waals surface area contributed by atoms with E-state index in [1.165, 1.54) is 13.2 Å². The summed E-state index contributed by atoms with van der Waals surface area (Å²) in [5.41, 5.74) is -0.675. The Morgan fingerprint density at radius 3 is 2.55 bits per heavy atom. The van der Waals surface area contributed by atoms with Crippen LogP contribution in [0, 0.1) is 0 Å². The van der Waals surface area contributed by atoms with Gasteiger partial charge in [-0.25, -0.2) is 27.8 Å². The fourth-order valence-corrected chi connectivity index (χ4v) is 6.19. The van der Waals surface area contributed by atoms with Crippen LogP contribution in [0.2, 0.25) is 0 Å². The molecule has 204 valence electrons.